The summed E-state index contributed by atoms with van der Waals surface area (Å²) in [5.41, 5.74) is 2.13. The topological polar surface area (TPSA) is 58.6 Å². The minimum absolute atomic E-state index is 0.0395. The van der Waals surface area contributed by atoms with Crippen LogP contribution >= 0.6 is 0 Å². The third kappa shape index (κ3) is 4.21. The molecule has 2 rings (SSSR count). The van der Waals surface area contributed by atoms with Crippen LogP contribution in [0.15, 0.2) is 18.2 Å². The second-order valence-electron chi connectivity index (χ2n) is 5.64. The van der Waals surface area contributed by atoms with Crippen LogP contribution in [0.5, 0.6) is 5.75 Å². The third-order valence-electron chi connectivity index (χ3n) is 4.12. The second kappa shape index (κ2) is 7.46. The van der Waals surface area contributed by atoms with E-state index < -0.39 is 0 Å². The van der Waals surface area contributed by atoms with Gasteiger partial charge in [-0.1, -0.05) is 19.9 Å². The number of aryl methyl sites for hydroxylation is 1. The van der Waals surface area contributed by atoms with E-state index in [9.17, 15) is 9.90 Å². The highest BCUT2D eigenvalue weighted by Gasteiger charge is 2.18. The van der Waals surface area contributed by atoms with Crippen LogP contribution in [0.1, 0.15) is 56.8 Å². The Labute approximate surface area is 126 Å². The molecule has 1 aromatic rings. The van der Waals surface area contributed by atoms with Crippen molar-refractivity contribution in [3.63, 3.8) is 0 Å². The van der Waals surface area contributed by atoms with Crippen LogP contribution < -0.4 is 10.1 Å². The maximum absolute atomic E-state index is 11.8. The Bertz CT molecular complexity index is 483. The van der Waals surface area contributed by atoms with E-state index in [4.69, 9.17) is 4.74 Å². The van der Waals surface area contributed by atoms with E-state index >= 15 is 0 Å². The third-order valence-corrected chi connectivity index (χ3v) is 4.12. The lowest BCUT2D eigenvalue weighted by Gasteiger charge is -2.22. The monoisotopic (exact) mass is 291 g/mol. The van der Waals surface area contributed by atoms with Crippen LogP contribution in [0.2, 0.25) is 0 Å². The van der Waals surface area contributed by atoms with Gasteiger partial charge in [-0.15, -0.1) is 0 Å². The van der Waals surface area contributed by atoms with E-state index in [1.165, 1.54) is 0 Å². The molecule has 0 fully saturated rings. The van der Waals surface area contributed by atoms with E-state index in [0.717, 1.165) is 43.2 Å². The Kier molecular flexibility index (Phi) is 5.62. The number of amides is 1. The number of fused-ring (bicyclic) bond motifs is 1. The zero-order chi connectivity index (χ0) is 15.2. The smallest absolute Gasteiger partial charge is 0.258 e. The van der Waals surface area contributed by atoms with Crippen LogP contribution in [0, 0.1) is 0 Å². The molecule has 0 radical (unpaired) electrons. The van der Waals surface area contributed by atoms with Gasteiger partial charge in [0, 0.05) is 6.04 Å². The average molecular weight is 291 g/mol. The van der Waals surface area contributed by atoms with E-state index in [-0.39, 0.29) is 24.7 Å². The van der Waals surface area contributed by atoms with E-state index in [1.54, 1.807) is 0 Å². The molecule has 0 spiro atoms. The van der Waals surface area contributed by atoms with Gasteiger partial charge >= 0.3 is 0 Å². The van der Waals surface area contributed by atoms with Crippen LogP contribution in [-0.4, -0.2) is 23.7 Å². The van der Waals surface area contributed by atoms with E-state index in [0.29, 0.717) is 5.75 Å². The van der Waals surface area contributed by atoms with Gasteiger partial charge in [0.15, 0.2) is 6.61 Å². The number of hydrogen-bond acceptors (Lipinski definition) is 3. The fraction of sp³-hybridized carbons (Fsp3) is 0.588. The number of carbonyl (C=O) groups is 1. The van der Waals surface area contributed by atoms with Crippen molar-refractivity contribution in [3.8, 4) is 5.75 Å². The molecule has 0 aromatic heterocycles. The summed E-state index contributed by atoms with van der Waals surface area (Å²) in [6.45, 7) is 4.16. The standard InChI is InChI=1S/C17H25NO3/c1-3-13(4-2)18-17(20)11-21-14-8-9-15-12(10-14)6-5-7-16(15)19/h8-10,13,16,19H,3-7,11H2,1-2H3,(H,18,20). The molecule has 0 saturated carbocycles. The first-order valence-corrected chi connectivity index (χ1v) is 7.87. The summed E-state index contributed by atoms with van der Waals surface area (Å²) in [5.74, 6) is 0.615. The summed E-state index contributed by atoms with van der Waals surface area (Å²) in [5, 5.41) is 12.9. The molecular weight excluding hydrogens is 266 g/mol. The van der Waals surface area contributed by atoms with Crippen LogP contribution in [0.25, 0.3) is 0 Å². The van der Waals surface area contributed by atoms with E-state index in [1.807, 2.05) is 18.2 Å². The number of aliphatic hydroxyl groups excluding tert-OH is 1. The van der Waals surface area contributed by atoms with Gasteiger partial charge in [0.05, 0.1) is 6.10 Å². The molecule has 2 N–H and O–H groups in total. The quantitative estimate of drug-likeness (QED) is 0.847. The lowest BCUT2D eigenvalue weighted by atomic mass is 9.89. The molecule has 4 heteroatoms. The Morgan fingerprint density at radius 2 is 2.19 bits per heavy atom. The Morgan fingerprint density at radius 1 is 1.43 bits per heavy atom. The molecule has 1 aliphatic carbocycles. The number of ether oxygens (including phenoxy) is 1. The Morgan fingerprint density at radius 3 is 2.90 bits per heavy atom. The number of benzene rings is 1. The molecule has 21 heavy (non-hydrogen) atoms. The van der Waals surface area contributed by atoms with Crippen LogP contribution in [0.3, 0.4) is 0 Å². The van der Waals surface area contributed by atoms with Crippen LogP contribution in [-0.2, 0) is 11.2 Å². The van der Waals surface area contributed by atoms with Crippen molar-refractivity contribution >= 4 is 5.91 Å². The van der Waals surface area contributed by atoms with Gasteiger partial charge in [-0.25, -0.2) is 0 Å². The summed E-state index contributed by atoms with van der Waals surface area (Å²) in [7, 11) is 0. The molecule has 1 amide bonds. The second-order valence-corrected chi connectivity index (χ2v) is 5.64. The largest absolute Gasteiger partial charge is 0.484 e. The van der Waals surface area contributed by atoms with Crippen molar-refractivity contribution < 1.29 is 14.6 Å². The summed E-state index contributed by atoms with van der Waals surface area (Å²) >= 11 is 0. The normalized spacial score (nSPS) is 17.4. The molecule has 1 unspecified atom stereocenters. The molecule has 0 heterocycles. The van der Waals surface area contributed by atoms with Crippen LogP contribution in [0.4, 0.5) is 0 Å². The Balaban J connectivity index is 1.90. The maximum atomic E-state index is 11.8. The number of nitrogens with one attached hydrogen (secondary N) is 1. The summed E-state index contributed by atoms with van der Waals surface area (Å²) < 4.78 is 5.57. The van der Waals surface area contributed by atoms with Gasteiger partial charge in [-0.05, 0) is 55.4 Å². The highest BCUT2D eigenvalue weighted by molar-refractivity contribution is 5.77. The highest BCUT2D eigenvalue weighted by atomic mass is 16.5. The molecule has 1 atom stereocenters. The molecule has 0 bridgehead atoms. The van der Waals surface area contributed by atoms with Crippen molar-refractivity contribution in [2.45, 2.75) is 58.1 Å². The fourth-order valence-corrected chi connectivity index (χ4v) is 2.77. The lowest BCUT2D eigenvalue weighted by molar-refractivity contribution is -0.123. The molecular formula is C17H25NO3. The average Bonchev–Trinajstić information content (AvgIpc) is 2.50. The summed E-state index contributed by atoms with van der Waals surface area (Å²) in [6.07, 6.45) is 4.28. The van der Waals surface area contributed by atoms with Gasteiger partial charge in [0.25, 0.3) is 5.91 Å². The zero-order valence-corrected chi connectivity index (χ0v) is 12.9. The maximum Gasteiger partial charge on any atom is 0.258 e. The van der Waals surface area contributed by atoms with Crippen molar-refractivity contribution in [2.75, 3.05) is 6.61 Å². The molecule has 1 aliphatic rings. The first kappa shape index (κ1) is 15.8. The summed E-state index contributed by atoms with van der Waals surface area (Å²) in [6, 6.07) is 5.91. The van der Waals surface area contributed by atoms with Gasteiger partial charge in [-0.3, -0.25) is 4.79 Å². The van der Waals surface area contributed by atoms with Gasteiger partial charge in [-0.2, -0.15) is 0 Å². The first-order valence-electron chi connectivity index (χ1n) is 7.87. The predicted octanol–water partition coefficient (Wildman–Crippen LogP) is 2.74. The molecule has 116 valence electrons. The van der Waals surface area contributed by atoms with Gasteiger partial charge < -0.3 is 15.2 Å². The SMILES string of the molecule is CCC(CC)NC(=O)COc1ccc2c(c1)CCCC2O. The van der Waals surface area contributed by atoms with Gasteiger partial charge in [0.1, 0.15) is 5.75 Å². The van der Waals surface area contributed by atoms with Crippen molar-refractivity contribution in [3.05, 3.63) is 29.3 Å². The summed E-state index contributed by atoms with van der Waals surface area (Å²) in [4.78, 5) is 11.8. The van der Waals surface area contributed by atoms with Gasteiger partial charge in [0.2, 0.25) is 0 Å². The minimum Gasteiger partial charge on any atom is -0.484 e. The minimum atomic E-state index is -0.360. The number of carbonyl (C=O) groups excluding carboxylic acids is 1. The highest BCUT2D eigenvalue weighted by Crippen LogP contribution is 2.31. The Hall–Kier alpha value is -1.55. The number of hydrogen-bond donors (Lipinski definition) is 2. The lowest BCUT2D eigenvalue weighted by Crippen LogP contribution is -2.37. The van der Waals surface area contributed by atoms with Crippen molar-refractivity contribution in [1.29, 1.82) is 0 Å². The first-order chi connectivity index (χ1) is 10.1. The van der Waals surface area contributed by atoms with Crippen molar-refractivity contribution in [2.24, 2.45) is 0 Å². The zero-order valence-electron chi connectivity index (χ0n) is 12.9. The van der Waals surface area contributed by atoms with Crippen molar-refractivity contribution in [1.82, 2.24) is 5.32 Å². The number of aliphatic hydroxyl groups is 1. The molecule has 4 nitrogen and oxygen atoms in total. The van der Waals surface area contributed by atoms with E-state index in [2.05, 4.69) is 19.2 Å². The molecule has 1 aromatic carbocycles. The number of rotatable bonds is 6. The molecule has 0 saturated heterocycles. The fourth-order valence-electron chi connectivity index (χ4n) is 2.77. The predicted molar refractivity (Wildman–Crippen MR) is 82.3 cm³/mol. The molecule has 0 aliphatic heterocycles.